The minimum Gasteiger partial charge on any atom is -0.456 e. The minimum absolute atomic E-state index is 0.0176. The predicted octanol–water partition coefficient (Wildman–Crippen LogP) is 3.93. The number of aromatic amines is 1. The number of aromatic nitrogens is 3. The summed E-state index contributed by atoms with van der Waals surface area (Å²) in [5, 5.41) is 16.3. The first kappa shape index (κ1) is 16.1. The van der Waals surface area contributed by atoms with Gasteiger partial charge in [-0.3, -0.25) is 5.10 Å². The highest BCUT2D eigenvalue weighted by molar-refractivity contribution is 7.15. The van der Waals surface area contributed by atoms with Crippen molar-refractivity contribution in [1.82, 2.24) is 14.6 Å². The number of hydrogen-bond acceptors (Lipinski definition) is 5. The van der Waals surface area contributed by atoms with Gasteiger partial charge in [0.2, 0.25) is 0 Å². The lowest BCUT2D eigenvalue weighted by atomic mass is 10.2. The number of esters is 1. The summed E-state index contributed by atoms with van der Waals surface area (Å²) in [6, 6.07) is 13.4. The summed E-state index contributed by atoms with van der Waals surface area (Å²) >= 11 is 1.62. The van der Waals surface area contributed by atoms with Crippen LogP contribution in [0.3, 0.4) is 0 Å². The number of ether oxygens (including phenoxy) is 1. The van der Waals surface area contributed by atoms with Crippen LogP contribution in [0.15, 0.2) is 48.8 Å². The number of hydrogen-bond donors (Lipinski definition) is 1. The standard InChI is InChI=1S/C19H14N4O2S/c1-12-5-6-18(26-12)15-8-16(22-21-15)19(24)25-11-13-10-23-7-3-2-4-17(23)14(13)9-20/h2-8,10H,11H2,1H3,(H,21,22). The number of fused-ring (bicyclic) bond motifs is 1. The molecule has 0 unspecified atom stereocenters. The number of nitriles is 1. The maximum atomic E-state index is 12.3. The molecule has 0 aliphatic rings. The van der Waals surface area contributed by atoms with E-state index >= 15 is 0 Å². The zero-order valence-corrected chi connectivity index (χ0v) is 14.7. The molecule has 4 aromatic rings. The van der Waals surface area contributed by atoms with Gasteiger partial charge in [-0.25, -0.2) is 4.79 Å². The third-order valence-corrected chi connectivity index (χ3v) is 5.06. The molecule has 0 aromatic carbocycles. The average molecular weight is 362 g/mol. The Hall–Kier alpha value is -3.37. The van der Waals surface area contributed by atoms with Gasteiger partial charge in [0.15, 0.2) is 5.69 Å². The van der Waals surface area contributed by atoms with Gasteiger partial charge in [0.05, 0.1) is 21.7 Å². The number of H-pyrrole nitrogens is 1. The average Bonchev–Trinajstić information content (AvgIpc) is 3.36. The van der Waals surface area contributed by atoms with Crippen LogP contribution in [-0.2, 0) is 11.3 Å². The van der Waals surface area contributed by atoms with Gasteiger partial charge in [0, 0.05) is 22.8 Å². The first-order valence-corrected chi connectivity index (χ1v) is 8.75. The van der Waals surface area contributed by atoms with Gasteiger partial charge in [0.1, 0.15) is 12.7 Å². The van der Waals surface area contributed by atoms with Crippen LogP contribution in [0.25, 0.3) is 16.1 Å². The van der Waals surface area contributed by atoms with Gasteiger partial charge < -0.3 is 9.14 Å². The Bertz CT molecular complexity index is 1150. The minimum atomic E-state index is -0.528. The second-order valence-corrected chi connectivity index (χ2v) is 7.08. The number of nitrogens with one attached hydrogen (secondary N) is 1. The van der Waals surface area contributed by atoms with Crippen molar-refractivity contribution in [2.75, 3.05) is 0 Å². The highest BCUT2D eigenvalue weighted by atomic mass is 32.1. The molecule has 1 N–H and O–H groups in total. The summed E-state index contributed by atoms with van der Waals surface area (Å²) in [5.41, 5.74) is 2.96. The summed E-state index contributed by atoms with van der Waals surface area (Å²) in [6.45, 7) is 2.04. The molecule has 0 amide bonds. The van der Waals surface area contributed by atoms with Crippen molar-refractivity contribution in [3.63, 3.8) is 0 Å². The number of aryl methyl sites for hydroxylation is 1. The molecule has 0 radical (unpaired) electrons. The number of carbonyl (C=O) groups is 1. The fourth-order valence-electron chi connectivity index (χ4n) is 2.76. The Kier molecular flexibility index (Phi) is 4.03. The molecule has 0 spiro atoms. The lowest BCUT2D eigenvalue weighted by molar-refractivity contribution is 0.0465. The Labute approximate surface area is 153 Å². The highest BCUT2D eigenvalue weighted by Gasteiger charge is 2.16. The van der Waals surface area contributed by atoms with Crippen molar-refractivity contribution in [1.29, 1.82) is 5.26 Å². The van der Waals surface area contributed by atoms with Gasteiger partial charge >= 0.3 is 5.97 Å². The van der Waals surface area contributed by atoms with E-state index in [-0.39, 0.29) is 12.3 Å². The molecule has 128 valence electrons. The van der Waals surface area contributed by atoms with E-state index in [9.17, 15) is 10.1 Å². The molecule has 0 saturated carbocycles. The molecule has 0 aliphatic carbocycles. The van der Waals surface area contributed by atoms with Crippen LogP contribution in [-0.4, -0.2) is 20.6 Å². The Morgan fingerprint density at radius 3 is 3.04 bits per heavy atom. The number of nitrogens with zero attached hydrogens (tertiary/aromatic N) is 3. The van der Waals surface area contributed by atoms with Crippen molar-refractivity contribution < 1.29 is 9.53 Å². The summed E-state index contributed by atoms with van der Waals surface area (Å²) in [5.74, 6) is -0.528. The molecular weight excluding hydrogens is 348 g/mol. The van der Waals surface area contributed by atoms with Crippen molar-refractivity contribution in [3.8, 4) is 16.6 Å². The van der Waals surface area contributed by atoms with E-state index in [1.165, 1.54) is 4.88 Å². The van der Waals surface area contributed by atoms with E-state index in [0.29, 0.717) is 11.1 Å². The Morgan fingerprint density at radius 2 is 2.27 bits per heavy atom. The molecule has 0 saturated heterocycles. The first-order valence-electron chi connectivity index (χ1n) is 7.93. The van der Waals surface area contributed by atoms with Gasteiger partial charge in [-0.05, 0) is 37.3 Å². The molecule has 0 fully saturated rings. The maximum Gasteiger partial charge on any atom is 0.359 e. The smallest absolute Gasteiger partial charge is 0.359 e. The maximum absolute atomic E-state index is 12.3. The second kappa shape index (κ2) is 6.50. The van der Waals surface area contributed by atoms with Crippen molar-refractivity contribution in [2.24, 2.45) is 0 Å². The normalized spacial score (nSPS) is 10.8. The van der Waals surface area contributed by atoms with Crippen LogP contribution in [0.2, 0.25) is 0 Å². The number of carbonyl (C=O) groups excluding carboxylic acids is 1. The van der Waals surface area contributed by atoms with E-state index in [1.807, 2.05) is 47.9 Å². The lowest BCUT2D eigenvalue weighted by Crippen LogP contribution is -2.06. The Balaban J connectivity index is 1.51. The van der Waals surface area contributed by atoms with E-state index in [0.717, 1.165) is 16.1 Å². The summed E-state index contributed by atoms with van der Waals surface area (Å²) < 4.78 is 7.20. The molecule has 4 rings (SSSR count). The van der Waals surface area contributed by atoms with Crippen LogP contribution in [0.4, 0.5) is 0 Å². The van der Waals surface area contributed by atoms with Gasteiger partial charge in [-0.1, -0.05) is 6.07 Å². The first-order chi connectivity index (χ1) is 12.7. The summed E-state index contributed by atoms with van der Waals surface area (Å²) in [6.07, 6.45) is 3.65. The van der Waals surface area contributed by atoms with E-state index < -0.39 is 5.97 Å². The van der Waals surface area contributed by atoms with Crippen LogP contribution >= 0.6 is 11.3 Å². The zero-order valence-electron chi connectivity index (χ0n) is 13.9. The monoisotopic (exact) mass is 362 g/mol. The molecule has 0 atom stereocenters. The molecular formula is C19H14N4O2S. The number of thiophene rings is 1. The van der Waals surface area contributed by atoms with Gasteiger partial charge in [-0.2, -0.15) is 10.4 Å². The quantitative estimate of drug-likeness (QED) is 0.558. The molecule has 4 heterocycles. The van der Waals surface area contributed by atoms with E-state index in [4.69, 9.17) is 4.74 Å². The van der Waals surface area contributed by atoms with E-state index in [2.05, 4.69) is 16.3 Å². The topological polar surface area (TPSA) is 83.2 Å². The summed E-state index contributed by atoms with van der Waals surface area (Å²) in [4.78, 5) is 14.5. The largest absolute Gasteiger partial charge is 0.456 e. The van der Waals surface area contributed by atoms with E-state index in [1.54, 1.807) is 23.6 Å². The number of pyridine rings is 1. The molecule has 26 heavy (non-hydrogen) atoms. The SMILES string of the molecule is Cc1ccc(-c2cc(C(=O)OCc3cn4ccccc4c3C#N)n[nH]2)s1. The molecule has 0 aliphatic heterocycles. The van der Waals surface area contributed by atoms with Crippen LogP contribution < -0.4 is 0 Å². The van der Waals surface area contributed by atoms with Crippen LogP contribution in [0.5, 0.6) is 0 Å². The fourth-order valence-corrected chi connectivity index (χ4v) is 3.60. The molecule has 0 bridgehead atoms. The van der Waals surface area contributed by atoms with Crippen molar-refractivity contribution in [2.45, 2.75) is 13.5 Å². The highest BCUT2D eigenvalue weighted by Crippen LogP contribution is 2.26. The molecule has 4 aromatic heterocycles. The lowest BCUT2D eigenvalue weighted by Gasteiger charge is -2.01. The van der Waals surface area contributed by atoms with Crippen LogP contribution in [0, 0.1) is 18.3 Å². The predicted molar refractivity (Wildman–Crippen MR) is 97.9 cm³/mol. The molecule has 6 nitrogen and oxygen atoms in total. The number of rotatable bonds is 4. The second-order valence-electron chi connectivity index (χ2n) is 5.79. The van der Waals surface area contributed by atoms with Crippen molar-refractivity contribution >= 4 is 22.8 Å². The van der Waals surface area contributed by atoms with Crippen molar-refractivity contribution in [3.05, 3.63) is 70.5 Å². The summed E-state index contributed by atoms with van der Waals surface area (Å²) in [7, 11) is 0. The Morgan fingerprint density at radius 1 is 1.38 bits per heavy atom. The third kappa shape index (κ3) is 2.87. The van der Waals surface area contributed by atoms with Gasteiger partial charge in [-0.15, -0.1) is 11.3 Å². The molecule has 7 heteroatoms. The van der Waals surface area contributed by atoms with Gasteiger partial charge in [0.25, 0.3) is 0 Å². The van der Waals surface area contributed by atoms with Crippen LogP contribution in [0.1, 0.15) is 26.5 Å². The third-order valence-electron chi connectivity index (χ3n) is 4.03. The fraction of sp³-hybridized carbons (Fsp3) is 0.105. The zero-order chi connectivity index (χ0) is 18.1.